The lowest BCUT2D eigenvalue weighted by Gasteiger charge is -2.38. The molecular formula is C20H28N2Si. The summed E-state index contributed by atoms with van der Waals surface area (Å²) in [6, 6.07) is 8.12. The van der Waals surface area contributed by atoms with Crippen molar-refractivity contribution in [1.82, 2.24) is 4.98 Å². The maximum atomic E-state index is 5.80. The summed E-state index contributed by atoms with van der Waals surface area (Å²) in [4.78, 5) is 4.24. The molecule has 1 heterocycles. The molecular weight excluding hydrogens is 296 g/mol. The molecule has 0 radical (unpaired) electrons. The molecule has 0 unspecified atom stereocenters. The Morgan fingerprint density at radius 3 is 2.17 bits per heavy atom. The van der Waals surface area contributed by atoms with Gasteiger partial charge in [0.25, 0.3) is 0 Å². The van der Waals surface area contributed by atoms with E-state index in [0.717, 1.165) is 16.3 Å². The molecule has 2 N–H and O–H groups in total. The van der Waals surface area contributed by atoms with Gasteiger partial charge in [0, 0.05) is 17.1 Å². The number of rotatable bonds is 3. The van der Waals surface area contributed by atoms with E-state index in [1.165, 1.54) is 0 Å². The van der Waals surface area contributed by atoms with Crippen LogP contribution in [-0.2, 0) is 0 Å². The SMILES string of the molecule is CC(C)[Si](C#Cc1cccc2cc(N)ncc12)(C(C)C)C(C)C. The third-order valence-corrected chi connectivity index (χ3v) is 11.4. The number of nitrogens with two attached hydrogens (primary N) is 1. The molecule has 0 aliphatic carbocycles. The van der Waals surface area contributed by atoms with Gasteiger partial charge in [0.2, 0.25) is 0 Å². The van der Waals surface area contributed by atoms with Crippen molar-refractivity contribution < 1.29 is 0 Å². The van der Waals surface area contributed by atoms with Crippen LogP contribution in [0.15, 0.2) is 30.5 Å². The number of anilines is 1. The molecule has 0 amide bonds. The number of aromatic nitrogens is 1. The zero-order chi connectivity index (χ0) is 17.2. The van der Waals surface area contributed by atoms with E-state index in [-0.39, 0.29) is 0 Å². The normalized spacial score (nSPS) is 12.0. The van der Waals surface area contributed by atoms with Gasteiger partial charge < -0.3 is 5.73 Å². The molecule has 23 heavy (non-hydrogen) atoms. The van der Waals surface area contributed by atoms with E-state index in [1.54, 1.807) is 0 Å². The van der Waals surface area contributed by atoms with Gasteiger partial charge in [0.05, 0.1) is 0 Å². The fraction of sp³-hybridized carbons (Fsp3) is 0.450. The largest absolute Gasteiger partial charge is 0.384 e. The van der Waals surface area contributed by atoms with Gasteiger partial charge in [-0.1, -0.05) is 59.6 Å². The van der Waals surface area contributed by atoms with Crippen LogP contribution in [0.25, 0.3) is 10.8 Å². The van der Waals surface area contributed by atoms with Gasteiger partial charge in [-0.15, -0.1) is 5.54 Å². The number of pyridine rings is 1. The van der Waals surface area contributed by atoms with Gasteiger partial charge in [-0.3, -0.25) is 0 Å². The predicted molar refractivity (Wildman–Crippen MR) is 104 cm³/mol. The van der Waals surface area contributed by atoms with Crippen molar-refractivity contribution in [3.63, 3.8) is 0 Å². The number of nitrogens with zero attached hydrogens (tertiary/aromatic N) is 1. The van der Waals surface area contributed by atoms with E-state index < -0.39 is 8.07 Å². The Labute approximate surface area is 141 Å². The van der Waals surface area contributed by atoms with E-state index in [0.29, 0.717) is 22.4 Å². The highest BCUT2D eigenvalue weighted by molar-refractivity contribution is 6.90. The second-order valence-corrected chi connectivity index (χ2v) is 12.9. The molecule has 3 heteroatoms. The minimum Gasteiger partial charge on any atom is -0.384 e. The van der Waals surface area contributed by atoms with Crippen LogP contribution in [0, 0.1) is 11.5 Å². The minimum atomic E-state index is -1.71. The van der Waals surface area contributed by atoms with Crippen LogP contribution in [0.1, 0.15) is 47.1 Å². The lowest BCUT2D eigenvalue weighted by Crippen LogP contribution is -2.43. The van der Waals surface area contributed by atoms with Crippen LogP contribution in [0.4, 0.5) is 5.82 Å². The molecule has 2 aromatic rings. The van der Waals surface area contributed by atoms with E-state index in [9.17, 15) is 0 Å². The third-order valence-electron chi connectivity index (χ3n) is 5.07. The van der Waals surface area contributed by atoms with Crippen molar-refractivity contribution in [1.29, 1.82) is 0 Å². The van der Waals surface area contributed by atoms with E-state index in [2.05, 4.69) is 76.2 Å². The molecule has 0 aliphatic rings. The molecule has 0 saturated carbocycles. The van der Waals surface area contributed by atoms with E-state index in [1.807, 2.05) is 12.3 Å². The predicted octanol–water partition coefficient (Wildman–Crippen LogP) is 5.39. The summed E-state index contributed by atoms with van der Waals surface area (Å²) in [5, 5.41) is 2.20. The van der Waals surface area contributed by atoms with E-state index in [4.69, 9.17) is 5.73 Å². The molecule has 1 aromatic carbocycles. The summed E-state index contributed by atoms with van der Waals surface area (Å²) in [5.41, 5.74) is 12.6. The summed E-state index contributed by atoms with van der Waals surface area (Å²) in [7, 11) is -1.71. The van der Waals surface area contributed by atoms with Crippen molar-refractivity contribution >= 4 is 24.7 Å². The Balaban J connectivity index is 2.60. The zero-order valence-corrected chi connectivity index (χ0v) is 16.1. The first-order valence-electron chi connectivity index (χ1n) is 8.46. The van der Waals surface area contributed by atoms with Crippen LogP contribution in [0.2, 0.25) is 16.6 Å². The Morgan fingerprint density at radius 2 is 1.61 bits per heavy atom. The topological polar surface area (TPSA) is 38.9 Å². The Morgan fingerprint density at radius 1 is 1.00 bits per heavy atom. The van der Waals surface area contributed by atoms with Crippen LogP contribution in [0.3, 0.4) is 0 Å². The number of benzene rings is 1. The van der Waals surface area contributed by atoms with Crippen LogP contribution >= 0.6 is 0 Å². The average Bonchev–Trinajstić information content (AvgIpc) is 2.46. The van der Waals surface area contributed by atoms with E-state index >= 15 is 0 Å². The zero-order valence-electron chi connectivity index (χ0n) is 15.1. The van der Waals surface area contributed by atoms with Gasteiger partial charge in [0.1, 0.15) is 13.9 Å². The first-order valence-corrected chi connectivity index (χ1v) is 10.7. The minimum absolute atomic E-state index is 0.554. The highest BCUT2D eigenvalue weighted by Gasteiger charge is 2.41. The molecule has 0 atom stereocenters. The van der Waals surface area contributed by atoms with Crippen LogP contribution in [-0.4, -0.2) is 13.1 Å². The monoisotopic (exact) mass is 324 g/mol. The first kappa shape index (κ1) is 17.6. The molecule has 1 aromatic heterocycles. The standard InChI is InChI=1S/C20H28N2Si/c1-14(2)23(15(3)4,16(5)6)11-10-17-8-7-9-18-12-20(21)22-13-19(17)18/h7-9,12-16H,1-6H3,(H2,21,22). The summed E-state index contributed by atoms with van der Waals surface area (Å²) in [5.74, 6) is 4.08. The fourth-order valence-corrected chi connectivity index (χ4v) is 9.12. The van der Waals surface area contributed by atoms with Gasteiger partial charge in [0.15, 0.2) is 0 Å². The Hall–Kier alpha value is -1.79. The summed E-state index contributed by atoms with van der Waals surface area (Å²) in [6.07, 6.45) is 1.85. The smallest absolute Gasteiger partial charge is 0.146 e. The van der Waals surface area contributed by atoms with Crippen molar-refractivity contribution in [2.24, 2.45) is 0 Å². The molecule has 2 rings (SSSR count). The molecule has 0 fully saturated rings. The van der Waals surface area contributed by atoms with Crippen molar-refractivity contribution in [2.75, 3.05) is 5.73 Å². The summed E-state index contributed by atoms with van der Waals surface area (Å²) in [6.45, 7) is 14.0. The average molecular weight is 325 g/mol. The molecule has 0 spiro atoms. The maximum Gasteiger partial charge on any atom is 0.146 e. The fourth-order valence-electron chi connectivity index (χ4n) is 3.91. The number of hydrogen-bond acceptors (Lipinski definition) is 2. The number of hydrogen-bond donors (Lipinski definition) is 1. The van der Waals surface area contributed by atoms with Crippen molar-refractivity contribution in [2.45, 2.75) is 58.2 Å². The van der Waals surface area contributed by atoms with Crippen LogP contribution < -0.4 is 5.73 Å². The lowest BCUT2D eigenvalue weighted by atomic mass is 10.1. The Bertz CT molecular complexity index is 729. The van der Waals surface area contributed by atoms with Crippen LogP contribution in [0.5, 0.6) is 0 Å². The molecule has 122 valence electrons. The third kappa shape index (κ3) is 3.28. The highest BCUT2D eigenvalue weighted by atomic mass is 28.3. The molecule has 0 aliphatic heterocycles. The molecule has 0 bridgehead atoms. The summed E-state index contributed by atoms with van der Waals surface area (Å²) >= 11 is 0. The molecule has 0 saturated heterocycles. The second-order valence-electron chi connectivity index (χ2n) is 7.28. The number of nitrogen functional groups attached to an aromatic ring is 1. The summed E-state index contributed by atoms with van der Waals surface area (Å²) < 4.78 is 0. The van der Waals surface area contributed by atoms with Crippen molar-refractivity contribution in [3.05, 3.63) is 36.0 Å². The second kappa shape index (κ2) is 6.76. The quantitative estimate of drug-likeness (QED) is 0.607. The number of fused-ring (bicyclic) bond motifs is 1. The highest BCUT2D eigenvalue weighted by Crippen LogP contribution is 2.40. The van der Waals surface area contributed by atoms with Gasteiger partial charge in [-0.25, -0.2) is 4.98 Å². The Kier molecular flexibility index (Phi) is 5.16. The first-order chi connectivity index (χ1) is 10.8. The molecule has 2 nitrogen and oxygen atoms in total. The van der Waals surface area contributed by atoms with Gasteiger partial charge in [-0.05, 0) is 34.1 Å². The van der Waals surface area contributed by atoms with Gasteiger partial charge >= 0.3 is 0 Å². The maximum absolute atomic E-state index is 5.80. The van der Waals surface area contributed by atoms with Crippen molar-refractivity contribution in [3.8, 4) is 11.5 Å². The van der Waals surface area contributed by atoms with Gasteiger partial charge in [-0.2, -0.15) is 0 Å². The lowest BCUT2D eigenvalue weighted by molar-refractivity contribution is 0.838.